The zero-order chi connectivity index (χ0) is 28.3. The zero-order valence-corrected chi connectivity index (χ0v) is 22.7. The van der Waals surface area contributed by atoms with Gasteiger partial charge in [0.1, 0.15) is 6.61 Å². The third kappa shape index (κ3) is 5.51. The van der Waals surface area contributed by atoms with Crippen molar-refractivity contribution in [3.63, 3.8) is 0 Å². The van der Waals surface area contributed by atoms with E-state index in [0.717, 1.165) is 5.56 Å². The van der Waals surface area contributed by atoms with Crippen molar-refractivity contribution in [3.05, 3.63) is 85.7 Å². The van der Waals surface area contributed by atoms with E-state index in [1.54, 1.807) is 40.2 Å². The molecule has 2 atom stereocenters. The number of esters is 1. The lowest BCUT2D eigenvalue weighted by Crippen LogP contribution is -2.36. The molecule has 1 N–H and O–H groups in total. The Kier molecular flexibility index (Phi) is 8.35. The Hall–Kier alpha value is -4.18. The minimum absolute atomic E-state index is 0.0358. The number of methoxy groups -OCH3 is 3. The van der Waals surface area contributed by atoms with Gasteiger partial charge in [0.2, 0.25) is 0 Å². The Labute approximate surface area is 226 Å². The summed E-state index contributed by atoms with van der Waals surface area (Å²) in [6.45, 7) is 3.65. The summed E-state index contributed by atoms with van der Waals surface area (Å²) < 4.78 is 21.2. The second-order valence-corrected chi connectivity index (χ2v) is 9.56. The summed E-state index contributed by atoms with van der Waals surface area (Å²) in [6, 6.07) is 10.4. The molecule has 0 saturated carbocycles. The maximum absolute atomic E-state index is 13.8. The van der Waals surface area contributed by atoms with Crippen LogP contribution in [0.2, 0.25) is 0 Å². The molecular weight excluding hydrogens is 504 g/mol. The van der Waals surface area contributed by atoms with Crippen LogP contribution >= 0.6 is 0 Å². The molecule has 1 aliphatic carbocycles. The highest BCUT2D eigenvalue weighted by Gasteiger charge is 2.42. The number of ether oxygens (including phenoxy) is 4. The molecule has 0 bridgehead atoms. The SMILES string of the molecule is COCCOC(=O)C1=C(C)NC2=C(C(=O)CC(c3ccc(OC)c(OC)c3)C2)C1c1ccc(C)c([N+](=O)[O-])c1. The van der Waals surface area contributed by atoms with E-state index in [4.69, 9.17) is 18.9 Å². The van der Waals surface area contributed by atoms with Crippen LogP contribution in [0.3, 0.4) is 0 Å². The highest BCUT2D eigenvalue weighted by Crippen LogP contribution is 2.47. The van der Waals surface area contributed by atoms with Crippen molar-refractivity contribution < 1.29 is 33.5 Å². The first-order valence-corrected chi connectivity index (χ1v) is 12.6. The van der Waals surface area contributed by atoms with Crippen molar-refractivity contribution in [1.82, 2.24) is 5.32 Å². The number of carbonyl (C=O) groups excluding carboxylic acids is 2. The summed E-state index contributed by atoms with van der Waals surface area (Å²) in [5.41, 5.74) is 3.70. The molecule has 0 radical (unpaired) electrons. The van der Waals surface area contributed by atoms with Gasteiger partial charge in [0, 0.05) is 48.0 Å². The highest BCUT2D eigenvalue weighted by molar-refractivity contribution is 6.04. The standard InChI is InChI=1S/C29H32N2O8/c1-16-6-7-19(13-22(16)31(34)35)27-26(29(33)39-11-10-36-3)17(2)30-21-12-20(14-23(32)28(21)27)18-8-9-24(37-4)25(15-18)38-5/h6-9,13,15,20,27,30H,10-12,14H2,1-5H3. The summed E-state index contributed by atoms with van der Waals surface area (Å²) in [4.78, 5) is 38.4. The number of rotatable bonds is 9. The molecular formula is C29H32N2O8. The van der Waals surface area contributed by atoms with E-state index in [1.807, 2.05) is 18.2 Å². The first-order valence-electron chi connectivity index (χ1n) is 12.6. The van der Waals surface area contributed by atoms with Gasteiger partial charge in [-0.1, -0.05) is 18.2 Å². The van der Waals surface area contributed by atoms with Crippen molar-refractivity contribution in [3.8, 4) is 11.5 Å². The van der Waals surface area contributed by atoms with Crippen molar-refractivity contribution >= 4 is 17.4 Å². The average Bonchev–Trinajstić information content (AvgIpc) is 2.91. The minimum Gasteiger partial charge on any atom is -0.493 e. The smallest absolute Gasteiger partial charge is 0.336 e. The third-order valence-corrected chi connectivity index (χ3v) is 7.21. The molecule has 2 aromatic carbocycles. The number of hydrogen-bond donors (Lipinski definition) is 1. The van der Waals surface area contributed by atoms with Gasteiger partial charge in [-0.2, -0.15) is 0 Å². The van der Waals surface area contributed by atoms with Crippen LogP contribution in [0.25, 0.3) is 0 Å². The van der Waals surface area contributed by atoms with Gasteiger partial charge in [0.25, 0.3) is 5.69 Å². The quantitative estimate of drug-likeness (QED) is 0.214. The molecule has 0 fully saturated rings. The van der Waals surface area contributed by atoms with Crippen LogP contribution in [0.1, 0.15) is 48.3 Å². The summed E-state index contributed by atoms with van der Waals surface area (Å²) in [5, 5.41) is 15.0. The number of benzene rings is 2. The van der Waals surface area contributed by atoms with E-state index >= 15 is 0 Å². The fraction of sp³-hybridized carbons (Fsp3) is 0.379. The molecule has 0 spiro atoms. The average molecular weight is 537 g/mol. The third-order valence-electron chi connectivity index (χ3n) is 7.21. The van der Waals surface area contributed by atoms with Gasteiger partial charge in [-0.15, -0.1) is 0 Å². The van der Waals surface area contributed by atoms with Crippen LogP contribution in [0.5, 0.6) is 11.5 Å². The van der Waals surface area contributed by atoms with Gasteiger partial charge >= 0.3 is 5.97 Å². The number of nitrogens with one attached hydrogen (secondary N) is 1. The molecule has 0 saturated heterocycles. The lowest BCUT2D eigenvalue weighted by molar-refractivity contribution is -0.385. The molecule has 2 unspecified atom stereocenters. The number of hydrogen-bond acceptors (Lipinski definition) is 9. The number of nitro benzene ring substituents is 1. The van der Waals surface area contributed by atoms with Crippen LogP contribution < -0.4 is 14.8 Å². The van der Waals surface area contributed by atoms with E-state index in [2.05, 4.69) is 5.32 Å². The molecule has 0 amide bonds. The normalized spacial score (nSPS) is 18.8. The predicted molar refractivity (Wildman–Crippen MR) is 143 cm³/mol. The molecule has 0 aromatic heterocycles. The van der Waals surface area contributed by atoms with Crippen LogP contribution in [-0.2, 0) is 19.1 Å². The molecule has 1 aliphatic heterocycles. The lowest BCUT2D eigenvalue weighted by Gasteiger charge is -2.36. The molecule has 39 heavy (non-hydrogen) atoms. The van der Waals surface area contributed by atoms with Crippen LogP contribution in [0.4, 0.5) is 5.69 Å². The monoisotopic (exact) mass is 536 g/mol. The fourth-order valence-corrected chi connectivity index (χ4v) is 5.28. The fourth-order valence-electron chi connectivity index (χ4n) is 5.28. The summed E-state index contributed by atoms with van der Waals surface area (Å²) in [6.07, 6.45) is 0.704. The van der Waals surface area contributed by atoms with Gasteiger partial charge in [-0.25, -0.2) is 4.79 Å². The first-order chi connectivity index (χ1) is 18.7. The summed E-state index contributed by atoms with van der Waals surface area (Å²) in [5.74, 6) is -0.538. The number of nitrogens with zero attached hydrogens (tertiary/aromatic N) is 1. The van der Waals surface area contributed by atoms with Crippen LogP contribution in [-0.4, -0.2) is 51.2 Å². The number of nitro groups is 1. The molecule has 2 aliphatic rings. The first kappa shape index (κ1) is 27.8. The number of ketones is 1. The number of Topliss-reactive ketones (excluding diaryl/α,β-unsaturated/α-hetero) is 1. The number of allylic oxidation sites excluding steroid dienone is 3. The van der Waals surface area contributed by atoms with Gasteiger partial charge in [-0.3, -0.25) is 14.9 Å². The van der Waals surface area contributed by atoms with Crippen molar-refractivity contribution in [1.29, 1.82) is 0 Å². The largest absolute Gasteiger partial charge is 0.493 e. The molecule has 1 heterocycles. The summed E-state index contributed by atoms with van der Waals surface area (Å²) >= 11 is 0. The minimum atomic E-state index is -0.811. The van der Waals surface area contributed by atoms with Crippen molar-refractivity contribution in [2.24, 2.45) is 0 Å². The number of dihydropyridines is 1. The van der Waals surface area contributed by atoms with Crippen molar-refractivity contribution in [2.75, 3.05) is 34.5 Å². The molecule has 2 aromatic rings. The van der Waals surface area contributed by atoms with Crippen LogP contribution in [0, 0.1) is 17.0 Å². The number of aryl methyl sites for hydroxylation is 1. The maximum atomic E-state index is 13.8. The Morgan fingerprint density at radius 3 is 2.38 bits per heavy atom. The zero-order valence-electron chi connectivity index (χ0n) is 22.7. The molecule has 4 rings (SSSR count). The maximum Gasteiger partial charge on any atom is 0.336 e. The Morgan fingerprint density at radius 1 is 1.00 bits per heavy atom. The molecule has 206 valence electrons. The van der Waals surface area contributed by atoms with Gasteiger partial charge in [0.05, 0.1) is 31.3 Å². The van der Waals surface area contributed by atoms with E-state index in [1.165, 1.54) is 13.2 Å². The molecule has 10 heteroatoms. The second kappa shape index (κ2) is 11.7. The van der Waals surface area contributed by atoms with Gasteiger partial charge < -0.3 is 24.3 Å². The Balaban J connectivity index is 1.79. The summed E-state index contributed by atoms with van der Waals surface area (Å²) in [7, 11) is 4.62. The van der Waals surface area contributed by atoms with E-state index in [0.29, 0.717) is 46.0 Å². The van der Waals surface area contributed by atoms with Crippen molar-refractivity contribution in [2.45, 2.75) is 38.5 Å². The second-order valence-electron chi connectivity index (χ2n) is 9.56. The van der Waals surface area contributed by atoms with Gasteiger partial charge in [0.15, 0.2) is 17.3 Å². The number of carbonyl (C=O) groups is 2. The van der Waals surface area contributed by atoms with Gasteiger partial charge in [-0.05, 0) is 49.4 Å². The molecule has 10 nitrogen and oxygen atoms in total. The Bertz CT molecular complexity index is 1380. The highest BCUT2D eigenvalue weighted by atomic mass is 16.6. The van der Waals surface area contributed by atoms with E-state index in [9.17, 15) is 19.7 Å². The Morgan fingerprint density at radius 2 is 1.72 bits per heavy atom. The lowest BCUT2D eigenvalue weighted by atomic mass is 9.71. The predicted octanol–water partition coefficient (Wildman–Crippen LogP) is 4.47. The topological polar surface area (TPSA) is 126 Å². The van der Waals surface area contributed by atoms with E-state index in [-0.39, 0.29) is 42.6 Å². The van der Waals surface area contributed by atoms with Crippen LogP contribution in [0.15, 0.2) is 58.9 Å². The van der Waals surface area contributed by atoms with E-state index < -0.39 is 16.8 Å².